The minimum atomic E-state index is -3.75. The molecule has 0 radical (unpaired) electrons. The topological polar surface area (TPSA) is 97.2 Å². The van der Waals surface area contributed by atoms with E-state index in [4.69, 9.17) is 11.6 Å². The number of nitrogens with one attached hydrogen (secondary N) is 1. The number of carbonyl (C=O) groups is 1. The molecule has 1 unspecified atom stereocenters. The van der Waals surface area contributed by atoms with Crippen LogP contribution in [0.25, 0.3) is 10.8 Å². The van der Waals surface area contributed by atoms with Gasteiger partial charge in [0.25, 0.3) is 0 Å². The molecule has 1 fully saturated rings. The SMILES string of the molecule is O=C(CCn1ccnc1)NC1CCN(S(=O)(=O)c2cccc3cncc(Cl)c23)C1. The number of nitrogens with zero attached hydrogens (tertiary/aromatic N) is 4. The smallest absolute Gasteiger partial charge is 0.243 e. The molecule has 1 saturated heterocycles. The molecule has 3 aromatic rings. The molecule has 1 N–H and O–H groups in total. The van der Waals surface area contributed by atoms with Crippen LogP contribution in [0.1, 0.15) is 12.8 Å². The Labute approximate surface area is 173 Å². The molecule has 1 atom stereocenters. The molecule has 4 rings (SSSR count). The van der Waals surface area contributed by atoms with E-state index in [0.29, 0.717) is 41.7 Å². The van der Waals surface area contributed by atoms with Crippen molar-refractivity contribution in [1.29, 1.82) is 0 Å². The highest BCUT2D eigenvalue weighted by atomic mass is 35.5. The van der Waals surface area contributed by atoms with Gasteiger partial charge in [-0.3, -0.25) is 9.78 Å². The summed E-state index contributed by atoms with van der Waals surface area (Å²) in [5.41, 5.74) is 0. The third-order valence-electron chi connectivity index (χ3n) is 4.99. The van der Waals surface area contributed by atoms with Crippen LogP contribution in [0.2, 0.25) is 5.02 Å². The molecule has 0 saturated carbocycles. The standard InChI is InChI=1S/C19H20ClN5O3S/c20-16-11-22-10-14-2-1-3-17(19(14)16)29(27,28)25-8-4-15(12-25)23-18(26)5-7-24-9-6-21-13-24/h1-3,6,9-11,13,15H,4-5,7-8,12H2,(H,23,26). The van der Waals surface area contributed by atoms with Crippen molar-refractivity contribution in [3.63, 3.8) is 0 Å². The Bertz CT molecular complexity index is 1130. The van der Waals surface area contributed by atoms with Crippen molar-refractivity contribution in [1.82, 2.24) is 24.2 Å². The highest BCUT2D eigenvalue weighted by molar-refractivity contribution is 7.89. The molecule has 0 bridgehead atoms. The van der Waals surface area contributed by atoms with Gasteiger partial charge in [-0.1, -0.05) is 23.7 Å². The van der Waals surface area contributed by atoms with Crippen molar-refractivity contribution in [2.24, 2.45) is 0 Å². The zero-order chi connectivity index (χ0) is 20.4. The Kier molecular flexibility index (Phi) is 5.53. The molecule has 3 heterocycles. The van der Waals surface area contributed by atoms with Crippen LogP contribution in [-0.4, -0.2) is 52.3 Å². The minimum absolute atomic E-state index is 0.109. The van der Waals surface area contributed by atoms with Gasteiger partial charge in [0, 0.05) is 67.7 Å². The Morgan fingerprint density at radius 1 is 1.28 bits per heavy atom. The lowest BCUT2D eigenvalue weighted by atomic mass is 10.2. The first kappa shape index (κ1) is 19.8. The summed E-state index contributed by atoms with van der Waals surface area (Å²) in [5.74, 6) is -0.109. The number of hydrogen-bond donors (Lipinski definition) is 1. The number of imidazole rings is 1. The molecule has 0 aliphatic carbocycles. The fourth-order valence-electron chi connectivity index (χ4n) is 3.53. The van der Waals surface area contributed by atoms with Gasteiger partial charge in [-0.05, 0) is 12.5 Å². The van der Waals surface area contributed by atoms with Gasteiger partial charge in [-0.25, -0.2) is 13.4 Å². The van der Waals surface area contributed by atoms with E-state index in [1.807, 2.05) is 4.57 Å². The average molecular weight is 434 g/mol. The number of benzene rings is 1. The summed E-state index contributed by atoms with van der Waals surface area (Å²) in [5, 5.41) is 4.36. The summed E-state index contributed by atoms with van der Waals surface area (Å²) < 4.78 is 29.7. The third-order valence-corrected chi connectivity index (χ3v) is 7.18. The predicted octanol–water partition coefficient (Wildman–Crippen LogP) is 2.05. The number of aromatic nitrogens is 3. The van der Waals surface area contributed by atoms with Crippen LogP contribution in [0.3, 0.4) is 0 Å². The minimum Gasteiger partial charge on any atom is -0.352 e. The van der Waals surface area contributed by atoms with Crippen LogP contribution >= 0.6 is 11.6 Å². The highest BCUT2D eigenvalue weighted by Gasteiger charge is 2.34. The van der Waals surface area contributed by atoms with Crippen molar-refractivity contribution in [2.45, 2.75) is 30.3 Å². The normalized spacial score (nSPS) is 17.6. The number of hydrogen-bond acceptors (Lipinski definition) is 5. The van der Waals surface area contributed by atoms with E-state index in [2.05, 4.69) is 15.3 Å². The molecule has 1 amide bonds. The molecule has 29 heavy (non-hydrogen) atoms. The van der Waals surface area contributed by atoms with Gasteiger partial charge in [0.2, 0.25) is 15.9 Å². The van der Waals surface area contributed by atoms with E-state index in [0.717, 1.165) is 0 Å². The van der Waals surface area contributed by atoms with Gasteiger partial charge in [-0.15, -0.1) is 0 Å². The van der Waals surface area contributed by atoms with Crippen molar-refractivity contribution in [3.05, 3.63) is 54.3 Å². The van der Waals surface area contributed by atoms with Crippen LogP contribution in [0.4, 0.5) is 0 Å². The first-order valence-corrected chi connectivity index (χ1v) is 11.0. The first-order valence-electron chi connectivity index (χ1n) is 9.22. The maximum atomic E-state index is 13.2. The number of pyridine rings is 1. The monoisotopic (exact) mass is 433 g/mol. The average Bonchev–Trinajstić information content (AvgIpc) is 3.38. The summed E-state index contributed by atoms with van der Waals surface area (Å²) in [6.45, 7) is 1.11. The Hall–Kier alpha value is -2.49. The molecule has 1 aliphatic rings. The molecule has 1 aliphatic heterocycles. The lowest BCUT2D eigenvalue weighted by molar-refractivity contribution is -0.121. The number of aryl methyl sites for hydroxylation is 1. The van der Waals surface area contributed by atoms with Gasteiger partial charge < -0.3 is 9.88 Å². The van der Waals surface area contributed by atoms with Gasteiger partial charge >= 0.3 is 0 Å². The van der Waals surface area contributed by atoms with E-state index < -0.39 is 10.0 Å². The van der Waals surface area contributed by atoms with Crippen LogP contribution in [-0.2, 0) is 21.4 Å². The van der Waals surface area contributed by atoms with E-state index in [9.17, 15) is 13.2 Å². The Morgan fingerprint density at radius 3 is 2.93 bits per heavy atom. The molecule has 152 valence electrons. The number of sulfonamides is 1. The summed E-state index contributed by atoms with van der Waals surface area (Å²) in [4.78, 5) is 20.3. The highest BCUT2D eigenvalue weighted by Crippen LogP contribution is 2.32. The van der Waals surface area contributed by atoms with Gasteiger partial charge in [0.1, 0.15) is 0 Å². The molecule has 8 nitrogen and oxygen atoms in total. The maximum absolute atomic E-state index is 13.2. The molecule has 2 aromatic heterocycles. The summed E-state index contributed by atoms with van der Waals surface area (Å²) in [6.07, 6.45) is 9.02. The van der Waals surface area contributed by atoms with Crippen LogP contribution < -0.4 is 5.32 Å². The molecule has 1 aromatic carbocycles. The second-order valence-corrected chi connectivity index (χ2v) is 9.26. The zero-order valence-electron chi connectivity index (χ0n) is 15.5. The quantitative estimate of drug-likeness (QED) is 0.641. The fourth-order valence-corrected chi connectivity index (χ4v) is 5.59. The number of rotatable bonds is 6. The summed E-state index contributed by atoms with van der Waals surface area (Å²) in [6, 6.07) is 4.80. The second kappa shape index (κ2) is 8.10. The number of fused-ring (bicyclic) bond motifs is 1. The Morgan fingerprint density at radius 2 is 2.14 bits per heavy atom. The molecular weight excluding hydrogens is 414 g/mol. The van der Waals surface area contributed by atoms with Crippen molar-refractivity contribution in [3.8, 4) is 0 Å². The van der Waals surface area contributed by atoms with E-state index in [-0.39, 0.29) is 23.4 Å². The summed E-state index contributed by atoms with van der Waals surface area (Å²) >= 11 is 6.24. The van der Waals surface area contributed by atoms with E-state index in [1.165, 1.54) is 10.5 Å². The van der Waals surface area contributed by atoms with Gasteiger partial charge in [-0.2, -0.15) is 4.31 Å². The molecular formula is C19H20ClN5O3S. The number of halogens is 1. The Balaban J connectivity index is 1.45. The number of amides is 1. The van der Waals surface area contributed by atoms with E-state index in [1.54, 1.807) is 43.1 Å². The molecule has 10 heteroatoms. The van der Waals surface area contributed by atoms with E-state index >= 15 is 0 Å². The predicted molar refractivity (Wildman–Crippen MR) is 109 cm³/mol. The molecule has 0 spiro atoms. The van der Waals surface area contributed by atoms with Gasteiger partial charge in [0.05, 0.1) is 16.2 Å². The second-order valence-electron chi connectivity index (χ2n) is 6.94. The summed E-state index contributed by atoms with van der Waals surface area (Å²) in [7, 11) is -3.75. The lowest BCUT2D eigenvalue weighted by Crippen LogP contribution is -2.38. The van der Waals surface area contributed by atoms with Crippen LogP contribution in [0, 0.1) is 0 Å². The van der Waals surface area contributed by atoms with Crippen LogP contribution in [0.5, 0.6) is 0 Å². The third kappa shape index (κ3) is 4.12. The lowest BCUT2D eigenvalue weighted by Gasteiger charge is -2.19. The maximum Gasteiger partial charge on any atom is 0.243 e. The van der Waals surface area contributed by atoms with Crippen LogP contribution in [0.15, 0.2) is 54.2 Å². The fraction of sp³-hybridized carbons (Fsp3) is 0.316. The zero-order valence-corrected chi connectivity index (χ0v) is 17.1. The number of carbonyl (C=O) groups excluding carboxylic acids is 1. The van der Waals surface area contributed by atoms with Crippen molar-refractivity contribution >= 4 is 38.3 Å². The first-order chi connectivity index (χ1) is 13.9. The van der Waals surface area contributed by atoms with Crippen molar-refractivity contribution in [2.75, 3.05) is 13.1 Å². The van der Waals surface area contributed by atoms with Crippen molar-refractivity contribution < 1.29 is 13.2 Å². The van der Waals surface area contributed by atoms with Gasteiger partial charge in [0.15, 0.2) is 0 Å². The largest absolute Gasteiger partial charge is 0.352 e.